The van der Waals surface area contributed by atoms with E-state index in [-0.39, 0.29) is 6.04 Å². The van der Waals surface area contributed by atoms with E-state index in [0.717, 1.165) is 21.0 Å². The van der Waals surface area contributed by atoms with Crippen LogP contribution in [0.25, 0.3) is 0 Å². The van der Waals surface area contributed by atoms with Crippen LogP contribution in [0, 0.1) is 0 Å². The van der Waals surface area contributed by atoms with E-state index in [1.807, 2.05) is 36.9 Å². The van der Waals surface area contributed by atoms with Gasteiger partial charge in [0.25, 0.3) is 0 Å². The molecule has 1 aromatic rings. The Labute approximate surface area is 103 Å². The Hall–Kier alpha value is 0.300. The Balaban J connectivity index is 2.51. The van der Waals surface area contributed by atoms with Crippen molar-refractivity contribution in [1.82, 2.24) is 0 Å². The van der Waals surface area contributed by atoms with Crippen molar-refractivity contribution in [3.63, 3.8) is 0 Å². The number of hydrogen-bond acceptors (Lipinski definition) is 2. The molecule has 0 bridgehead atoms. The maximum atomic E-state index is 6.07. The summed E-state index contributed by atoms with van der Waals surface area (Å²) in [5.74, 6) is 1.89. The molecule has 1 atom stereocenters. The summed E-state index contributed by atoms with van der Waals surface area (Å²) in [6.07, 6.45) is 0. The molecule has 0 aliphatic carbocycles. The second kappa shape index (κ2) is 6.01. The molecule has 1 rings (SSSR count). The summed E-state index contributed by atoms with van der Waals surface area (Å²) in [6.45, 7) is 2.01. The molecule has 4 heteroatoms. The topological polar surface area (TPSA) is 26.0 Å². The van der Waals surface area contributed by atoms with Crippen LogP contribution >= 0.6 is 39.3 Å². The Morgan fingerprint density at radius 2 is 2.29 bits per heavy atom. The van der Waals surface area contributed by atoms with Gasteiger partial charge in [0.1, 0.15) is 0 Å². The summed E-state index contributed by atoms with van der Waals surface area (Å²) in [4.78, 5) is 0. The van der Waals surface area contributed by atoms with Gasteiger partial charge >= 0.3 is 0 Å². The Morgan fingerprint density at radius 1 is 1.57 bits per heavy atom. The number of nitrogens with two attached hydrogens (primary N) is 1. The highest BCUT2D eigenvalue weighted by atomic mass is 79.9. The molecule has 0 saturated carbocycles. The van der Waals surface area contributed by atoms with Crippen LogP contribution in [0.4, 0.5) is 0 Å². The fourth-order valence-electron chi connectivity index (χ4n) is 0.994. The third kappa shape index (κ3) is 4.22. The predicted octanol–water partition coefficient (Wildman–Crippen LogP) is 3.68. The molecule has 1 unspecified atom stereocenters. The van der Waals surface area contributed by atoms with Crippen LogP contribution in [0.5, 0.6) is 0 Å². The van der Waals surface area contributed by atoms with Crippen LogP contribution in [0.15, 0.2) is 22.7 Å². The molecule has 2 N–H and O–H groups in total. The molecule has 1 aromatic carbocycles. The lowest BCUT2D eigenvalue weighted by Crippen LogP contribution is -2.17. The second-order valence-electron chi connectivity index (χ2n) is 3.23. The summed E-state index contributed by atoms with van der Waals surface area (Å²) in [5.41, 5.74) is 6.82. The highest BCUT2D eigenvalue weighted by Crippen LogP contribution is 2.24. The Bertz CT molecular complexity index is 304. The number of thioether (sulfide) groups is 1. The first-order valence-corrected chi connectivity index (χ1v) is 6.69. The van der Waals surface area contributed by atoms with Gasteiger partial charge in [-0.05, 0) is 24.6 Å². The maximum Gasteiger partial charge on any atom is 0.0457 e. The minimum Gasteiger partial charge on any atom is -0.327 e. The van der Waals surface area contributed by atoms with E-state index in [0.29, 0.717) is 0 Å². The minimum atomic E-state index is 0.245. The van der Waals surface area contributed by atoms with Gasteiger partial charge in [0, 0.05) is 27.0 Å². The van der Waals surface area contributed by atoms with Gasteiger partial charge in [-0.15, -0.1) is 0 Å². The van der Waals surface area contributed by atoms with Crippen molar-refractivity contribution in [3.05, 3.63) is 33.3 Å². The number of benzene rings is 1. The van der Waals surface area contributed by atoms with Crippen molar-refractivity contribution in [3.8, 4) is 0 Å². The molecule has 1 nitrogen and oxygen atoms in total. The van der Waals surface area contributed by atoms with E-state index in [2.05, 4.69) is 15.9 Å². The smallest absolute Gasteiger partial charge is 0.0457 e. The number of hydrogen-bond donors (Lipinski definition) is 1. The van der Waals surface area contributed by atoms with Gasteiger partial charge in [0.2, 0.25) is 0 Å². The minimum absolute atomic E-state index is 0.245. The lowest BCUT2D eigenvalue weighted by Gasteiger charge is -2.06. The van der Waals surface area contributed by atoms with E-state index in [4.69, 9.17) is 17.3 Å². The van der Waals surface area contributed by atoms with Gasteiger partial charge in [0.05, 0.1) is 0 Å². The highest BCUT2D eigenvalue weighted by Gasteiger charge is 2.02. The first-order chi connectivity index (χ1) is 6.59. The van der Waals surface area contributed by atoms with Crippen LogP contribution < -0.4 is 5.73 Å². The molecule has 0 aromatic heterocycles. The second-order valence-corrected chi connectivity index (χ2v) is 5.58. The van der Waals surface area contributed by atoms with Crippen molar-refractivity contribution in [2.45, 2.75) is 18.7 Å². The fourth-order valence-corrected chi connectivity index (χ4v) is 2.77. The van der Waals surface area contributed by atoms with Crippen molar-refractivity contribution in [1.29, 1.82) is 0 Å². The summed E-state index contributed by atoms with van der Waals surface area (Å²) < 4.78 is 1.02. The van der Waals surface area contributed by atoms with Crippen LogP contribution in [-0.4, -0.2) is 11.8 Å². The lowest BCUT2D eigenvalue weighted by molar-refractivity contribution is 0.847. The molecule has 0 spiro atoms. The van der Waals surface area contributed by atoms with Crippen molar-refractivity contribution in [2.75, 3.05) is 5.75 Å². The molecule has 78 valence electrons. The summed E-state index contributed by atoms with van der Waals surface area (Å²) in [6, 6.07) is 6.21. The third-order valence-corrected chi connectivity index (χ3v) is 3.78. The van der Waals surface area contributed by atoms with Crippen molar-refractivity contribution < 1.29 is 0 Å². The zero-order chi connectivity index (χ0) is 10.6. The van der Waals surface area contributed by atoms with Crippen LogP contribution in [0.2, 0.25) is 5.02 Å². The van der Waals surface area contributed by atoms with Crippen molar-refractivity contribution >= 4 is 39.3 Å². The first-order valence-electron chi connectivity index (χ1n) is 4.37. The Morgan fingerprint density at radius 3 is 2.86 bits per heavy atom. The van der Waals surface area contributed by atoms with E-state index in [1.54, 1.807) is 0 Å². The van der Waals surface area contributed by atoms with E-state index < -0.39 is 0 Å². The molecule has 0 aliphatic rings. The highest BCUT2D eigenvalue weighted by molar-refractivity contribution is 9.10. The molecule has 0 radical (unpaired) electrons. The largest absolute Gasteiger partial charge is 0.327 e. The SMILES string of the molecule is CC(N)CSCc1ccc(Br)cc1Cl. The molecule has 0 saturated heterocycles. The molecule has 0 amide bonds. The molecule has 0 fully saturated rings. The van der Waals surface area contributed by atoms with E-state index >= 15 is 0 Å². The number of rotatable bonds is 4. The summed E-state index contributed by atoms with van der Waals surface area (Å²) in [5, 5.41) is 0.816. The molecule has 0 heterocycles. The molecular weight excluding hydrogens is 282 g/mol. The molecular formula is C10H13BrClNS. The van der Waals surface area contributed by atoms with Gasteiger partial charge in [0.15, 0.2) is 0 Å². The average Bonchev–Trinajstić information content (AvgIpc) is 2.08. The zero-order valence-electron chi connectivity index (χ0n) is 7.97. The van der Waals surface area contributed by atoms with Crippen LogP contribution in [0.3, 0.4) is 0 Å². The van der Waals surface area contributed by atoms with Gasteiger partial charge < -0.3 is 5.73 Å². The van der Waals surface area contributed by atoms with E-state index in [9.17, 15) is 0 Å². The van der Waals surface area contributed by atoms with Gasteiger partial charge in [-0.25, -0.2) is 0 Å². The van der Waals surface area contributed by atoms with E-state index in [1.165, 1.54) is 5.56 Å². The molecule has 14 heavy (non-hydrogen) atoms. The van der Waals surface area contributed by atoms with Crippen LogP contribution in [-0.2, 0) is 5.75 Å². The monoisotopic (exact) mass is 293 g/mol. The average molecular weight is 295 g/mol. The molecule has 0 aliphatic heterocycles. The van der Waals surface area contributed by atoms with Crippen molar-refractivity contribution in [2.24, 2.45) is 5.73 Å². The summed E-state index contributed by atoms with van der Waals surface area (Å²) >= 11 is 11.3. The van der Waals surface area contributed by atoms with Gasteiger partial charge in [-0.1, -0.05) is 33.6 Å². The zero-order valence-corrected chi connectivity index (χ0v) is 11.1. The van der Waals surface area contributed by atoms with Crippen LogP contribution in [0.1, 0.15) is 12.5 Å². The first kappa shape index (κ1) is 12.4. The summed E-state index contributed by atoms with van der Waals surface area (Å²) in [7, 11) is 0. The quantitative estimate of drug-likeness (QED) is 0.916. The lowest BCUT2D eigenvalue weighted by atomic mass is 10.2. The predicted molar refractivity (Wildman–Crippen MR) is 69.0 cm³/mol. The maximum absolute atomic E-state index is 6.07. The normalized spacial score (nSPS) is 12.9. The Kier molecular flexibility index (Phi) is 5.31. The third-order valence-electron chi connectivity index (χ3n) is 1.65. The number of halogens is 2. The fraction of sp³-hybridized carbons (Fsp3) is 0.400. The standard InChI is InChI=1S/C10H13BrClNS/c1-7(13)5-14-6-8-2-3-9(11)4-10(8)12/h2-4,7H,5-6,13H2,1H3. The van der Waals surface area contributed by atoms with Gasteiger partial charge in [-0.2, -0.15) is 11.8 Å². The van der Waals surface area contributed by atoms with Gasteiger partial charge in [-0.3, -0.25) is 0 Å².